The molecule has 0 aromatic heterocycles. The number of carbonyl (C=O) groups is 2. The first-order chi connectivity index (χ1) is 17.0. The van der Waals surface area contributed by atoms with E-state index in [1.807, 2.05) is 91.7 Å². The number of anilines is 2. The van der Waals surface area contributed by atoms with E-state index in [9.17, 15) is 9.59 Å². The van der Waals surface area contributed by atoms with E-state index in [0.717, 1.165) is 34.8 Å². The second kappa shape index (κ2) is 9.70. The third-order valence-corrected chi connectivity index (χ3v) is 6.62. The highest BCUT2D eigenvalue weighted by molar-refractivity contribution is 6.08. The SMILES string of the molecule is CC1CC(NC(=O)OCc2ccccc2)c2ccccc2N1C(=O)c1ccc2c(c1)OCCN2C. The van der Waals surface area contributed by atoms with Crippen molar-refractivity contribution >= 4 is 23.4 Å². The van der Waals surface area contributed by atoms with Gasteiger partial charge in [-0.25, -0.2) is 4.79 Å². The molecule has 3 aromatic rings. The van der Waals surface area contributed by atoms with Crippen molar-refractivity contribution in [2.45, 2.75) is 32.0 Å². The number of rotatable bonds is 4. The summed E-state index contributed by atoms with van der Waals surface area (Å²) in [7, 11) is 2.02. The van der Waals surface area contributed by atoms with Gasteiger partial charge in [-0.1, -0.05) is 48.5 Å². The lowest BCUT2D eigenvalue weighted by Crippen LogP contribution is -2.46. The molecular weight excluding hydrogens is 442 g/mol. The highest BCUT2D eigenvalue weighted by Crippen LogP contribution is 2.39. The minimum absolute atomic E-state index is 0.0883. The zero-order valence-electron chi connectivity index (χ0n) is 19.9. The Morgan fingerprint density at radius 1 is 1.03 bits per heavy atom. The Kier molecular flexibility index (Phi) is 6.31. The summed E-state index contributed by atoms with van der Waals surface area (Å²) in [6.45, 7) is 3.62. The molecule has 0 saturated heterocycles. The predicted octanol–water partition coefficient (Wildman–Crippen LogP) is 4.92. The van der Waals surface area contributed by atoms with Gasteiger partial charge in [0.05, 0.1) is 18.3 Å². The molecule has 0 spiro atoms. The average molecular weight is 472 g/mol. The van der Waals surface area contributed by atoms with Gasteiger partial charge in [0.15, 0.2) is 0 Å². The Morgan fingerprint density at radius 3 is 2.63 bits per heavy atom. The second-order valence-electron chi connectivity index (χ2n) is 9.03. The van der Waals surface area contributed by atoms with E-state index < -0.39 is 6.09 Å². The Balaban J connectivity index is 1.35. The van der Waals surface area contributed by atoms with E-state index in [2.05, 4.69) is 10.2 Å². The smallest absolute Gasteiger partial charge is 0.407 e. The summed E-state index contributed by atoms with van der Waals surface area (Å²) in [6.07, 6.45) is 0.101. The van der Waals surface area contributed by atoms with Crippen LogP contribution in [0.15, 0.2) is 72.8 Å². The summed E-state index contributed by atoms with van der Waals surface area (Å²) < 4.78 is 11.2. The van der Waals surface area contributed by atoms with Gasteiger partial charge < -0.3 is 24.6 Å². The number of hydrogen-bond acceptors (Lipinski definition) is 5. The van der Waals surface area contributed by atoms with E-state index >= 15 is 0 Å². The molecule has 35 heavy (non-hydrogen) atoms. The maximum Gasteiger partial charge on any atom is 0.407 e. The fraction of sp³-hybridized carbons (Fsp3) is 0.286. The van der Waals surface area contributed by atoms with Gasteiger partial charge in [0.2, 0.25) is 0 Å². The van der Waals surface area contributed by atoms with Crippen LogP contribution in [0.1, 0.15) is 40.9 Å². The first-order valence-corrected chi connectivity index (χ1v) is 11.9. The summed E-state index contributed by atoms with van der Waals surface area (Å²) in [5, 5.41) is 3.00. The number of nitrogens with zero attached hydrogens (tertiary/aromatic N) is 2. The number of likely N-dealkylation sites (N-methyl/N-ethyl adjacent to an activating group) is 1. The summed E-state index contributed by atoms with van der Waals surface area (Å²) >= 11 is 0. The van der Waals surface area contributed by atoms with Crippen molar-refractivity contribution < 1.29 is 19.1 Å². The molecule has 0 radical (unpaired) electrons. The Labute approximate surface area is 205 Å². The fourth-order valence-electron chi connectivity index (χ4n) is 4.80. The maximum absolute atomic E-state index is 13.7. The molecule has 2 heterocycles. The third kappa shape index (κ3) is 4.67. The molecule has 7 nitrogen and oxygen atoms in total. The number of amides is 2. The number of fused-ring (bicyclic) bond motifs is 2. The van der Waals surface area contributed by atoms with Crippen LogP contribution in [0.25, 0.3) is 0 Å². The largest absolute Gasteiger partial charge is 0.490 e. The van der Waals surface area contributed by atoms with Crippen LogP contribution in [0.4, 0.5) is 16.2 Å². The van der Waals surface area contributed by atoms with Gasteiger partial charge in [-0.05, 0) is 48.7 Å². The van der Waals surface area contributed by atoms with Gasteiger partial charge in [0, 0.05) is 24.3 Å². The number of hydrogen-bond donors (Lipinski definition) is 1. The zero-order valence-corrected chi connectivity index (χ0v) is 19.9. The number of alkyl carbamates (subject to hydrolysis) is 1. The summed E-state index contributed by atoms with van der Waals surface area (Å²) in [5.41, 5.74) is 4.18. The van der Waals surface area contributed by atoms with Crippen molar-refractivity contribution in [3.63, 3.8) is 0 Å². The molecule has 0 fully saturated rings. The maximum atomic E-state index is 13.7. The minimum atomic E-state index is -0.475. The molecule has 0 bridgehead atoms. The Hall–Kier alpha value is -4.00. The molecule has 1 N–H and O–H groups in total. The lowest BCUT2D eigenvalue weighted by Gasteiger charge is -2.39. The summed E-state index contributed by atoms with van der Waals surface area (Å²) in [4.78, 5) is 30.2. The summed E-state index contributed by atoms with van der Waals surface area (Å²) in [6, 6.07) is 22.5. The van der Waals surface area contributed by atoms with Gasteiger partial charge in [0.1, 0.15) is 19.0 Å². The van der Waals surface area contributed by atoms with Crippen LogP contribution >= 0.6 is 0 Å². The number of benzene rings is 3. The van der Waals surface area contributed by atoms with Gasteiger partial charge in [-0.3, -0.25) is 4.79 Å². The normalized spacial score (nSPS) is 18.7. The van der Waals surface area contributed by atoms with Gasteiger partial charge in [0.25, 0.3) is 5.91 Å². The quantitative estimate of drug-likeness (QED) is 0.585. The lowest BCUT2D eigenvalue weighted by atomic mass is 9.91. The van der Waals surface area contributed by atoms with Crippen LogP contribution in [0.2, 0.25) is 0 Å². The van der Waals surface area contributed by atoms with E-state index in [-0.39, 0.29) is 24.6 Å². The minimum Gasteiger partial charge on any atom is -0.490 e. The molecule has 2 aliphatic rings. The van der Waals surface area contributed by atoms with Crippen molar-refractivity contribution in [1.82, 2.24) is 5.32 Å². The molecule has 180 valence electrons. The van der Waals surface area contributed by atoms with Gasteiger partial charge in [-0.15, -0.1) is 0 Å². The fourth-order valence-corrected chi connectivity index (χ4v) is 4.80. The average Bonchev–Trinajstić information content (AvgIpc) is 2.88. The molecule has 2 aliphatic heterocycles. The van der Waals surface area contributed by atoms with Crippen LogP contribution in [0.5, 0.6) is 5.75 Å². The lowest BCUT2D eigenvalue weighted by molar-refractivity contribution is 0.0971. The van der Waals surface area contributed by atoms with E-state index in [1.165, 1.54) is 0 Å². The third-order valence-electron chi connectivity index (χ3n) is 6.62. The molecule has 2 unspecified atom stereocenters. The number of nitrogens with one attached hydrogen (secondary N) is 1. The van der Waals surface area contributed by atoms with Gasteiger partial charge in [-0.2, -0.15) is 0 Å². The monoisotopic (exact) mass is 471 g/mol. The summed E-state index contributed by atoms with van der Waals surface area (Å²) in [5.74, 6) is 0.637. The van der Waals surface area contributed by atoms with Crippen molar-refractivity contribution in [3.8, 4) is 5.75 Å². The van der Waals surface area contributed by atoms with Gasteiger partial charge >= 0.3 is 6.09 Å². The second-order valence-corrected chi connectivity index (χ2v) is 9.03. The van der Waals surface area contributed by atoms with Crippen molar-refractivity contribution in [3.05, 3.63) is 89.5 Å². The molecule has 3 aromatic carbocycles. The first kappa shape index (κ1) is 22.8. The van der Waals surface area contributed by atoms with Crippen LogP contribution in [0, 0.1) is 0 Å². The highest BCUT2D eigenvalue weighted by atomic mass is 16.5. The van der Waals surface area contributed by atoms with E-state index in [1.54, 1.807) is 0 Å². The first-order valence-electron chi connectivity index (χ1n) is 11.9. The Bertz CT molecular complexity index is 1230. The number of carbonyl (C=O) groups excluding carboxylic acids is 2. The molecular formula is C28H29N3O4. The number of ether oxygens (including phenoxy) is 2. The topological polar surface area (TPSA) is 71.1 Å². The molecule has 0 aliphatic carbocycles. The van der Waals surface area contributed by atoms with Crippen molar-refractivity contribution in [2.24, 2.45) is 0 Å². The highest BCUT2D eigenvalue weighted by Gasteiger charge is 2.35. The van der Waals surface area contributed by atoms with Crippen LogP contribution in [0.3, 0.4) is 0 Å². The van der Waals surface area contributed by atoms with Crippen LogP contribution < -0.4 is 19.9 Å². The van der Waals surface area contributed by atoms with Crippen LogP contribution in [-0.2, 0) is 11.3 Å². The van der Waals surface area contributed by atoms with Crippen molar-refractivity contribution in [2.75, 3.05) is 30.0 Å². The van der Waals surface area contributed by atoms with E-state index in [0.29, 0.717) is 18.6 Å². The number of para-hydroxylation sites is 1. The Morgan fingerprint density at radius 2 is 1.80 bits per heavy atom. The molecule has 0 saturated carbocycles. The van der Waals surface area contributed by atoms with E-state index in [4.69, 9.17) is 9.47 Å². The molecule has 2 amide bonds. The standard InChI is InChI=1S/C28H29N3O4/c1-19-16-23(29-28(33)35-18-20-8-4-3-5-9-20)22-10-6-7-11-24(22)31(19)27(32)21-12-13-25-26(17-21)34-15-14-30(25)2/h3-13,17,19,23H,14-16,18H2,1-2H3,(H,29,33). The van der Waals surface area contributed by atoms with Crippen LogP contribution in [-0.4, -0.2) is 38.2 Å². The zero-order chi connectivity index (χ0) is 24.4. The molecule has 2 atom stereocenters. The predicted molar refractivity (Wildman–Crippen MR) is 135 cm³/mol. The molecule has 5 rings (SSSR count). The van der Waals surface area contributed by atoms with Crippen molar-refractivity contribution in [1.29, 1.82) is 0 Å². The molecule has 7 heteroatoms.